The van der Waals surface area contributed by atoms with Gasteiger partial charge in [0, 0.05) is 22.4 Å². The highest BCUT2D eigenvalue weighted by Crippen LogP contribution is 2.20. The number of hydrogen-bond acceptors (Lipinski definition) is 2. The number of aryl methyl sites for hydroxylation is 1. The van der Waals surface area contributed by atoms with Crippen molar-refractivity contribution < 1.29 is 19.3 Å². The molecule has 0 aromatic heterocycles. The van der Waals surface area contributed by atoms with Gasteiger partial charge >= 0.3 is 0 Å². The van der Waals surface area contributed by atoms with Crippen LogP contribution in [-0.4, -0.2) is 18.4 Å². The van der Waals surface area contributed by atoms with Crippen molar-refractivity contribution in [2.24, 2.45) is 5.73 Å². The Kier molecular flexibility index (Phi) is 6.93. The van der Waals surface area contributed by atoms with Crippen LogP contribution in [0.15, 0.2) is 72.8 Å². The van der Waals surface area contributed by atoms with Crippen molar-refractivity contribution in [2.45, 2.75) is 19.4 Å². The molecule has 3 aromatic carbocycles. The van der Waals surface area contributed by atoms with E-state index in [1.54, 1.807) is 30.3 Å². The van der Waals surface area contributed by atoms with E-state index >= 15 is 0 Å². The van der Waals surface area contributed by atoms with Gasteiger partial charge in [0.2, 0.25) is 5.91 Å². The molecule has 6 heteroatoms. The third-order valence-electron chi connectivity index (χ3n) is 4.95. The monoisotopic (exact) mass is 406 g/mol. The highest BCUT2D eigenvalue weighted by Gasteiger charge is 2.20. The number of benzene rings is 3. The summed E-state index contributed by atoms with van der Waals surface area (Å²) in [5.74, 6) is -1.03. The van der Waals surface area contributed by atoms with Crippen LogP contribution in [0, 0.1) is 5.82 Å². The maximum absolute atomic E-state index is 13.8. The van der Waals surface area contributed by atoms with Gasteiger partial charge in [0.05, 0.1) is 0 Å². The number of carbonyl (C=O) groups is 2. The second kappa shape index (κ2) is 9.80. The van der Waals surface area contributed by atoms with Crippen LogP contribution < -0.4 is 16.4 Å². The zero-order chi connectivity index (χ0) is 21.5. The minimum Gasteiger partial charge on any atom is -0.366 e. The largest absolute Gasteiger partial charge is 0.366 e. The molecule has 0 aliphatic carbocycles. The Morgan fingerprint density at radius 2 is 1.70 bits per heavy atom. The SMILES string of the molecule is CCc1ccc([C@@H]([NH2+]CC(=O)Nc2ccc(C(N)=O)cc2)c2cccc(F)c2)cc1. The van der Waals surface area contributed by atoms with E-state index in [4.69, 9.17) is 5.73 Å². The third kappa shape index (κ3) is 5.52. The van der Waals surface area contributed by atoms with Crippen LogP contribution in [0.25, 0.3) is 0 Å². The summed E-state index contributed by atoms with van der Waals surface area (Å²) in [6, 6.07) is 20.7. The maximum atomic E-state index is 13.8. The first-order valence-electron chi connectivity index (χ1n) is 9.83. The van der Waals surface area contributed by atoms with E-state index in [2.05, 4.69) is 24.4 Å². The molecule has 5 N–H and O–H groups in total. The molecule has 0 heterocycles. The summed E-state index contributed by atoms with van der Waals surface area (Å²) >= 11 is 0. The highest BCUT2D eigenvalue weighted by atomic mass is 19.1. The van der Waals surface area contributed by atoms with Gasteiger partial charge in [-0.2, -0.15) is 0 Å². The Morgan fingerprint density at radius 3 is 2.30 bits per heavy atom. The Hall–Kier alpha value is -3.51. The lowest BCUT2D eigenvalue weighted by atomic mass is 9.97. The number of nitrogens with two attached hydrogens (primary N) is 2. The minimum absolute atomic E-state index is 0.147. The number of halogens is 1. The summed E-state index contributed by atoms with van der Waals surface area (Å²) in [6.07, 6.45) is 0.936. The summed E-state index contributed by atoms with van der Waals surface area (Å²) in [4.78, 5) is 23.6. The van der Waals surface area contributed by atoms with Gasteiger partial charge in [-0.15, -0.1) is 0 Å². The number of quaternary nitrogens is 1. The van der Waals surface area contributed by atoms with Crippen molar-refractivity contribution in [3.05, 3.63) is 101 Å². The topological polar surface area (TPSA) is 88.8 Å². The number of nitrogens with one attached hydrogen (secondary N) is 1. The Labute approximate surface area is 175 Å². The predicted octanol–water partition coefficient (Wildman–Crippen LogP) is 2.78. The molecule has 1 atom stereocenters. The van der Waals surface area contributed by atoms with Gasteiger partial charge in [-0.3, -0.25) is 9.59 Å². The molecule has 5 nitrogen and oxygen atoms in total. The molecule has 3 aromatic rings. The predicted molar refractivity (Wildman–Crippen MR) is 114 cm³/mol. The quantitative estimate of drug-likeness (QED) is 0.537. The Morgan fingerprint density at radius 1 is 1.00 bits per heavy atom. The zero-order valence-electron chi connectivity index (χ0n) is 16.8. The molecule has 0 fully saturated rings. The van der Waals surface area contributed by atoms with Crippen LogP contribution in [0.1, 0.15) is 40.0 Å². The number of carbonyl (C=O) groups excluding carboxylic acids is 2. The zero-order valence-corrected chi connectivity index (χ0v) is 16.8. The number of primary amides is 1. The van der Waals surface area contributed by atoms with Crippen molar-refractivity contribution in [2.75, 3.05) is 11.9 Å². The van der Waals surface area contributed by atoms with Crippen LogP contribution in [-0.2, 0) is 11.2 Å². The van der Waals surface area contributed by atoms with Crippen molar-refractivity contribution in [3.63, 3.8) is 0 Å². The van der Waals surface area contributed by atoms with E-state index in [0.717, 1.165) is 17.5 Å². The Balaban J connectivity index is 1.72. The number of amides is 2. The third-order valence-corrected chi connectivity index (χ3v) is 4.95. The van der Waals surface area contributed by atoms with E-state index in [1.165, 1.54) is 17.7 Å². The first-order chi connectivity index (χ1) is 14.5. The molecule has 0 radical (unpaired) electrons. The molecule has 154 valence electrons. The van der Waals surface area contributed by atoms with Gasteiger partial charge < -0.3 is 16.4 Å². The van der Waals surface area contributed by atoms with Crippen molar-refractivity contribution in [3.8, 4) is 0 Å². The molecule has 3 rings (SSSR count). The first-order valence-corrected chi connectivity index (χ1v) is 9.83. The number of hydrogen-bond donors (Lipinski definition) is 3. The fourth-order valence-corrected chi connectivity index (χ4v) is 3.28. The van der Waals surface area contributed by atoms with E-state index in [1.807, 2.05) is 23.5 Å². The van der Waals surface area contributed by atoms with E-state index in [-0.39, 0.29) is 24.3 Å². The first kappa shape index (κ1) is 21.2. The summed E-state index contributed by atoms with van der Waals surface area (Å²) in [5, 5.41) is 4.68. The minimum atomic E-state index is -0.520. The smallest absolute Gasteiger partial charge is 0.279 e. The van der Waals surface area contributed by atoms with Crippen LogP contribution in [0.5, 0.6) is 0 Å². The second-order valence-corrected chi connectivity index (χ2v) is 7.06. The summed E-state index contributed by atoms with van der Waals surface area (Å²) < 4.78 is 13.8. The van der Waals surface area contributed by atoms with E-state index < -0.39 is 5.91 Å². The molecule has 0 spiro atoms. The fraction of sp³-hybridized carbons (Fsp3) is 0.167. The lowest BCUT2D eigenvalue weighted by Crippen LogP contribution is -2.87. The average molecular weight is 406 g/mol. The molecule has 0 aliphatic heterocycles. The molecule has 0 saturated carbocycles. The number of rotatable bonds is 8. The van der Waals surface area contributed by atoms with E-state index in [9.17, 15) is 14.0 Å². The molecule has 0 saturated heterocycles. The standard InChI is InChI=1S/C24H24FN3O2/c1-2-16-6-8-17(9-7-16)23(19-4-3-5-20(25)14-19)27-15-22(29)28-21-12-10-18(11-13-21)24(26)30/h3-14,23,27H,2,15H2,1H3,(H2,26,30)(H,28,29)/p+1/t23-/m1/s1. The normalized spacial score (nSPS) is 11.7. The van der Waals surface area contributed by atoms with Crippen molar-refractivity contribution >= 4 is 17.5 Å². The van der Waals surface area contributed by atoms with Gasteiger partial charge in [-0.1, -0.05) is 43.3 Å². The lowest BCUT2D eigenvalue weighted by Gasteiger charge is -2.17. The highest BCUT2D eigenvalue weighted by molar-refractivity contribution is 5.95. The van der Waals surface area contributed by atoms with Gasteiger partial charge in [0.1, 0.15) is 11.9 Å². The maximum Gasteiger partial charge on any atom is 0.279 e. The molecule has 30 heavy (non-hydrogen) atoms. The van der Waals surface area contributed by atoms with Crippen LogP contribution in [0.3, 0.4) is 0 Å². The molecule has 0 aliphatic rings. The van der Waals surface area contributed by atoms with Gasteiger partial charge in [0.25, 0.3) is 5.91 Å². The molecular formula is C24H25FN3O2+. The summed E-state index contributed by atoms with van der Waals surface area (Å²) in [6.45, 7) is 2.24. The molecular weight excluding hydrogens is 381 g/mol. The van der Waals surface area contributed by atoms with Gasteiger partial charge in [-0.05, 0) is 48.4 Å². The van der Waals surface area contributed by atoms with E-state index in [0.29, 0.717) is 11.3 Å². The molecule has 2 amide bonds. The Bertz CT molecular complexity index is 1020. The van der Waals surface area contributed by atoms with Crippen molar-refractivity contribution in [1.29, 1.82) is 0 Å². The summed E-state index contributed by atoms with van der Waals surface area (Å²) in [7, 11) is 0. The van der Waals surface area contributed by atoms with Crippen LogP contribution in [0.2, 0.25) is 0 Å². The van der Waals surface area contributed by atoms with Crippen LogP contribution >= 0.6 is 0 Å². The average Bonchev–Trinajstić information content (AvgIpc) is 2.75. The summed E-state index contributed by atoms with van der Waals surface area (Å²) in [5.41, 5.74) is 9.18. The molecule has 0 bridgehead atoms. The molecule has 0 unspecified atom stereocenters. The fourth-order valence-electron chi connectivity index (χ4n) is 3.28. The van der Waals surface area contributed by atoms with Crippen molar-refractivity contribution in [1.82, 2.24) is 0 Å². The number of anilines is 1. The van der Waals surface area contributed by atoms with Crippen LogP contribution in [0.4, 0.5) is 10.1 Å². The van der Waals surface area contributed by atoms with Gasteiger partial charge in [0.15, 0.2) is 6.54 Å². The lowest BCUT2D eigenvalue weighted by molar-refractivity contribution is -0.676. The second-order valence-electron chi connectivity index (χ2n) is 7.06. The van der Waals surface area contributed by atoms with Gasteiger partial charge in [-0.25, -0.2) is 4.39 Å².